The average molecular weight is 291 g/mol. The summed E-state index contributed by atoms with van der Waals surface area (Å²) in [4.78, 5) is 14.3. The molecule has 3 nitrogen and oxygen atoms in total. The van der Waals surface area contributed by atoms with Gasteiger partial charge in [-0.15, -0.1) is 12.4 Å². The molecule has 4 heteroatoms. The number of nitrogens with zero attached hydrogens (tertiary/aromatic N) is 1. The number of carbonyl (C=O) groups is 1. The number of carbonyl (C=O) groups excluding carboxylic acids is 1. The molecule has 19 heavy (non-hydrogen) atoms. The number of hydrogen-bond donors (Lipinski definition) is 1. The Kier molecular flexibility index (Phi) is 7.38. The van der Waals surface area contributed by atoms with Crippen LogP contribution in [0.2, 0.25) is 0 Å². The van der Waals surface area contributed by atoms with Crippen molar-refractivity contribution in [1.29, 1.82) is 0 Å². The summed E-state index contributed by atoms with van der Waals surface area (Å²) in [5, 5.41) is 0. The lowest BCUT2D eigenvalue weighted by Gasteiger charge is -2.36. The molecule has 1 amide bonds. The second-order valence-corrected chi connectivity index (χ2v) is 7.07. The van der Waals surface area contributed by atoms with Crippen LogP contribution in [0.3, 0.4) is 0 Å². The fourth-order valence-electron chi connectivity index (χ4n) is 2.36. The molecule has 1 rings (SSSR count). The molecule has 0 bridgehead atoms. The van der Waals surface area contributed by atoms with Gasteiger partial charge in [-0.05, 0) is 37.0 Å². The number of nitrogens with two attached hydrogens (primary N) is 1. The maximum atomic E-state index is 12.3. The molecule has 0 aromatic rings. The van der Waals surface area contributed by atoms with E-state index in [4.69, 9.17) is 5.73 Å². The number of amides is 1. The first-order valence-electron chi connectivity index (χ1n) is 7.25. The standard InChI is InChI=1S/C15H30N2O.ClH/c1-11(15(3,4)5)9-14(18)17-8-6-7-13(10-17)12(2)16;/h11-13H,6-10,16H2,1-5H3;1H. The number of rotatable bonds is 3. The third-order valence-corrected chi connectivity index (χ3v) is 4.51. The van der Waals surface area contributed by atoms with Crippen molar-refractivity contribution in [3.05, 3.63) is 0 Å². The van der Waals surface area contributed by atoms with Gasteiger partial charge in [-0.25, -0.2) is 0 Å². The Morgan fingerprint density at radius 3 is 2.42 bits per heavy atom. The van der Waals surface area contributed by atoms with Crippen molar-refractivity contribution in [2.24, 2.45) is 23.0 Å². The van der Waals surface area contributed by atoms with Crippen LogP contribution in [0.25, 0.3) is 0 Å². The largest absolute Gasteiger partial charge is 0.342 e. The van der Waals surface area contributed by atoms with Crippen molar-refractivity contribution < 1.29 is 4.79 Å². The lowest BCUT2D eigenvalue weighted by molar-refractivity contribution is -0.134. The first kappa shape index (κ1) is 18.7. The van der Waals surface area contributed by atoms with Gasteiger partial charge >= 0.3 is 0 Å². The fourth-order valence-corrected chi connectivity index (χ4v) is 2.36. The average Bonchev–Trinajstić information content (AvgIpc) is 2.27. The van der Waals surface area contributed by atoms with Crippen LogP contribution in [0, 0.1) is 17.3 Å². The second kappa shape index (κ2) is 7.49. The molecule has 1 heterocycles. The third kappa shape index (κ3) is 5.70. The molecule has 114 valence electrons. The Morgan fingerprint density at radius 2 is 1.95 bits per heavy atom. The molecule has 0 aliphatic carbocycles. The van der Waals surface area contributed by atoms with E-state index in [1.807, 2.05) is 4.90 Å². The van der Waals surface area contributed by atoms with Gasteiger partial charge in [-0.3, -0.25) is 4.79 Å². The van der Waals surface area contributed by atoms with E-state index in [1.165, 1.54) is 0 Å². The third-order valence-electron chi connectivity index (χ3n) is 4.51. The minimum Gasteiger partial charge on any atom is -0.342 e. The van der Waals surface area contributed by atoms with Gasteiger partial charge < -0.3 is 10.6 Å². The van der Waals surface area contributed by atoms with E-state index in [2.05, 4.69) is 34.6 Å². The summed E-state index contributed by atoms with van der Waals surface area (Å²) in [6.45, 7) is 12.6. The van der Waals surface area contributed by atoms with E-state index in [0.717, 1.165) is 25.9 Å². The molecule has 0 aromatic heterocycles. The van der Waals surface area contributed by atoms with Crippen LogP contribution in [0.4, 0.5) is 0 Å². The zero-order chi connectivity index (χ0) is 13.9. The highest BCUT2D eigenvalue weighted by Crippen LogP contribution is 2.29. The van der Waals surface area contributed by atoms with Crippen molar-refractivity contribution >= 4 is 18.3 Å². The van der Waals surface area contributed by atoms with Gasteiger partial charge in [0.2, 0.25) is 5.91 Å². The van der Waals surface area contributed by atoms with E-state index >= 15 is 0 Å². The maximum Gasteiger partial charge on any atom is 0.222 e. The Bertz CT molecular complexity index is 286. The molecule has 0 radical (unpaired) electrons. The molecular formula is C15H31ClN2O. The number of hydrogen-bond acceptors (Lipinski definition) is 2. The van der Waals surface area contributed by atoms with Gasteiger partial charge in [0.15, 0.2) is 0 Å². The Morgan fingerprint density at radius 1 is 1.37 bits per heavy atom. The lowest BCUT2D eigenvalue weighted by Crippen LogP contribution is -2.45. The molecule has 2 N–H and O–H groups in total. The fraction of sp³-hybridized carbons (Fsp3) is 0.933. The Hall–Kier alpha value is -0.280. The SMILES string of the molecule is CC(N)C1CCCN(C(=O)CC(C)C(C)(C)C)C1.Cl. The minimum absolute atomic E-state index is 0. The van der Waals surface area contributed by atoms with Gasteiger partial charge in [0.25, 0.3) is 0 Å². The zero-order valence-electron chi connectivity index (χ0n) is 13.1. The van der Waals surface area contributed by atoms with E-state index < -0.39 is 0 Å². The quantitative estimate of drug-likeness (QED) is 0.868. The van der Waals surface area contributed by atoms with Crippen LogP contribution in [-0.2, 0) is 4.79 Å². The van der Waals surface area contributed by atoms with Crippen molar-refractivity contribution in [3.8, 4) is 0 Å². The molecule has 0 saturated carbocycles. The highest BCUT2D eigenvalue weighted by atomic mass is 35.5. The zero-order valence-corrected chi connectivity index (χ0v) is 13.9. The van der Waals surface area contributed by atoms with Crippen LogP contribution < -0.4 is 5.73 Å². The molecule has 1 aliphatic rings. The predicted octanol–water partition coefficient (Wildman–Crippen LogP) is 3.07. The summed E-state index contributed by atoms with van der Waals surface area (Å²) in [5.74, 6) is 1.20. The molecule has 3 atom stereocenters. The number of halogens is 1. The molecule has 3 unspecified atom stereocenters. The van der Waals surface area contributed by atoms with Gasteiger partial charge in [-0.1, -0.05) is 27.7 Å². The first-order valence-corrected chi connectivity index (χ1v) is 7.25. The van der Waals surface area contributed by atoms with Gasteiger partial charge in [-0.2, -0.15) is 0 Å². The minimum atomic E-state index is 0. The van der Waals surface area contributed by atoms with Crippen LogP contribution in [-0.4, -0.2) is 29.9 Å². The molecule has 0 aromatic carbocycles. The van der Waals surface area contributed by atoms with E-state index in [0.29, 0.717) is 24.2 Å². The second-order valence-electron chi connectivity index (χ2n) is 7.07. The first-order chi connectivity index (χ1) is 8.21. The molecule has 1 aliphatic heterocycles. The maximum absolute atomic E-state index is 12.3. The van der Waals surface area contributed by atoms with Gasteiger partial charge in [0.1, 0.15) is 0 Å². The number of piperidine rings is 1. The summed E-state index contributed by atoms with van der Waals surface area (Å²) in [7, 11) is 0. The van der Waals surface area contributed by atoms with Crippen molar-refractivity contribution in [2.45, 2.75) is 59.9 Å². The van der Waals surface area contributed by atoms with Crippen LogP contribution in [0.15, 0.2) is 0 Å². The summed E-state index contributed by atoms with van der Waals surface area (Å²) in [6, 6.07) is 0.195. The van der Waals surface area contributed by atoms with Crippen molar-refractivity contribution in [2.75, 3.05) is 13.1 Å². The summed E-state index contributed by atoms with van der Waals surface area (Å²) >= 11 is 0. The van der Waals surface area contributed by atoms with Crippen LogP contribution in [0.1, 0.15) is 53.9 Å². The van der Waals surface area contributed by atoms with Crippen LogP contribution >= 0.6 is 12.4 Å². The van der Waals surface area contributed by atoms with Crippen molar-refractivity contribution in [1.82, 2.24) is 4.90 Å². The monoisotopic (exact) mass is 290 g/mol. The molecular weight excluding hydrogens is 260 g/mol. The smallest absolute Gasteiger partial charge is 0.222 e. The van der Waals surface area contributed by atoms with Gasteiger partial charge in [0, 0.05) is 25.6 Å². The normalized spacial score (nSPS) is 23.5. The molecule has 1 saturated heterocycles. The topological polar surface area (TPSA) is 46.3 Å². The predicted molar refractivity (Wildman–Crippen MR) is 83.4 cm³/mol. The summed E-state index contributed by atoms with van der Waals surface area (Å²) in [5.41, 5.74) is 6.16. The van der Waals surface area contributed by atoms with E-state index in [9.17, 15) is 4.79 Å². The van der Waals surface area contributed by atoms with Crippen molar-refractivity contribution in [3.63, 3.8) is 0 Å². The number of likely N-dealkylation sites (tertiary alicyclic amines) is 1. The Balaban J connectivity index is 0.00000324. The summed E-state index contributed by atoms with van der Waals surface area (Å²) < 4.78 is 0. The highest BCUT2D eigenvalue weighted by Gasteiger charge is 2.29. The molecule has 0 spiro atoms. The Labute approximate surface area is 124 Å². The molecule has 1 fully saturated rings. The van der Waals surface area contributed by atoms with Gasteiger partial charge in [0.05, 0.1) is 0 Å². The van der Waals surface area contributed by atoms with Crippen LogP contribution in [0.5, 0.6) is 0 Å². The van der Waals surface area contributed by atoms with E-state index in [-0.39, 0.29) is 23.9 Å². The highest BCUT2D eigenvalue weighted by molar-refractivity contribution is 5.85. The summed E-state index contributed by atoms with van der Waals surface area (Å²) in [6.07, 6.45) is 2.92. The van der Waals surface area contributed by atoms with E-state index in [1.54, 1.807) is 0 Å². The lowest BCUT2D eigenvalue weighted by atomic mass is 9.79.